The number of hydrogen-bond donors (Lipinski definition) is 3. The van der Waals surface area contributed by atoms with Gasteiger partial charge in [-0.3, -0.25) is 14.7 Å². The molecule has 7 nitrogen and oxygen atoms in total. The van der Waals surface area contributed by atoms with Crippen molar-refractivity contribution in [2.24, 2.45) is 4.99 Å². The lowest BCUT2D eigenvalue weighted by Crippen LogP contribution is -2.44. The van der Waals surface area contributed by atoms with Gasteiger partial charge in [-0.15, -0.1) is 0 Å². The molecule has 1 heterocycles. The lowest BCUT2D eigenvalue weighted by Gasteiger charge is -2.29. The molecule has 1 aliphatic rings. The number of ether oxygens (including phenoxy) is 1. The summed E-state index contributed by atoms with van der Waals surface area (Å²) in [5.41, 5.74) is 1.90. The van der Waals surface area contributed by atoms with Crippen LogP contribution in [0.25, 0.3) is 0 Å². The molecule has 1 unspecified atom stereocenters. The number of benzene rings is 2. The highest BCUT2D eigenvalue weighted by molar-refractivity contribution is 5.94. The Kier molecular flexibility index (Phi) is 8.72. The first-order valence-corrected chi connectivity index (χ1v) is 10.9. The number of hydrogen-bond acceptors (Lipinski definition) is 4. The fourth-order valence-corrected chi connectivity index (χ4v) is 3.82. The van der Waals surface area contributed by atoms with Crippen LogP contribution < -0.4 is 20.7 Å². The number of aliphatic imine (C=N–C) groups is 1. The topological polar surface area (TPSA) is 78.0 Å². The van der Waals surface area contributed by atoms with Crippen LogP contribution in [0.15, 0.2) is 59.6 Å². The van der Waals surface area contributed by atoms with Crippen LogP contribution in [0.2, 0.25) is 0 Å². The molecule has 0 bridgehead atoms. The van der Waals surface area contributed by atoms with E-state index in [4.69, 9.17) is 4.74 Å². The van der Waals surface area contributed by atoms with Crippen LogP contribution in [0.4, 0.5) is 0 Å². The third-order valence-corrected chi connectivity index (χ3v) is 5.49. The maximum atomic E-state index is 12.3. The summed E-state index contributed by atoms with van der Waals surface area (Å²) in [5, 5.41) is 9.64. The summed E-state index contributed by atoms with van der Waals surface area (Å²) in [5.74, 6) is 1.28. The number of rotatable bonds is 9. The zero-order valence-electron chi connectivity index (χ0n) is 18.4. The van der Waals surface area contributed by atoms with Crippen LogP contribution >= 0.6 is 0 Å². The van der Waals surface area contributed by atoms with E-state index in [1.807, 2.05) is 6.07 Å². The number of carbonyl (C=O) groups excluding carboxylic acids is 1. The molecule has 2 aromatic carbocycles. The Hall–Kier alpha value is -3.06. The fraction of sp³-hybridized carbons (Fsp3) is 0.417. The zero-order chi connectivity index (χ0) is 21.9. The molecule has 0 aromatic heterocycles. The molecule has 0 spiro atoms. The van der Waals surface area contributed by atoms with E-state index in [1.165, 1.54) is 18.4 Å². The Balaban J connectivity index is 1.45. The monoisotopic (exact) mass is 423 g/mol. The van der Waals surface area contributed by atoms with Gasteiger partial charge >= 0.3 is 0 Å². The highest BCUT2D eigenvalue weighted by atomic mass is 16.5. The summed E-state index contributed by atoms with van der Waals surface area (Å²) >= 11 is 0. The van der Waals surface area contributed by atoms with Crippen molar-refractivity contribution >= 4 is 11.9 Å². The highest BCUT2D eigenvalue weighted by Gasteiger charge is 2.23. The quantitative estimate of drug-likeness (QED) is 0.328. The van der Waals surface area contributed by atoms with E-state index >= 15 is 0 Å². The molecule has 0 saturated carbocycles. The van der Waals surface area contributed by atoms with Gasteiger partial charge in [0.2, 0.25) is 0 Å². The van der Waals surface area contributed by atoms with Crippen molar-refractivity contribution in [3.05, 3.63) is 65.7 Å². The van der Waals surface area contributed by atoms with Gasteiger partial charge in [-0.1, -0.05) is 36.4 Å². The largest absolute Gasteiger partial charge is 0.497 e. The van der Waals surface area contributed by atoms with Gasteiger partial charge in [0.15, 0.2) is 5.96 Å². The van der Waals surface area contributed by atoms with E-state index in [0.717, 1.165) is 25.6 Å². The number of amides is 1. The minimum atomic E-state index is -0.123. The molecule has 0 aliphatic carbocycles. The molecule has 31 heavy (non-hydrogen) atoms. The maximum absolute atomic E-state index is 12.3. The van der Waals surface area contributed by atoms with Crippen molar-refractivity contribution in [2.75, 3.05) is 46.9 Å². The highest BCUT2D eigenvalue weighted by Crippen LogP contribution is 2.24. The van der Waals surface area contributed by atoms with Crippen LogP contribution in [-0.2, 0) is 0 Å². The van der Waals surface area contributed by atoms with Crippen LogP contribution in [0.5, 0.6) is 5.75 Å². The average molecular weight is 424 g/mol. The SMILES string of the molecule is CN=C(NCCNC(=O)c1cccc(OC)c1)NCC(c1ccccc1)N1CCCC1. The molecule has 1 fully saturated rings. The van der Waals surface area contributed by atoms with Gasteiger partial charge in [-0.2, -0.15) is 0 Å². The Bertz CT molecular complexity index is 850. The molecule has 7 heteroatoms. The Labute approximate surface area is 184 Å². The molecule has 1 aliphatic heterocycles. The van der Waals surface area contributed by atoms with Gasteiger partial charge in [0.25, 0.3) is 5.91 Å². The van der Waals surface area contributed by atoms with Crippen molar-refractivity contribution in [1.29, 1.82) is 0 Å². The molecule has 166 valence electrons. The standard InChI is InChI=1S/C24H33N5O2/c1-25-24(27-14-13-26-23(30)20-11-8-12-21(17-20)31-2)28-18-22(29-15-6-7-16-29)19-9-4-3-5-10-19/h3-5,8-12,17,22H,6-7,13-16,18H2,1-2H3,(H,26,30)(H2,25,27,28). The minimum absolute atomic E-state index is 0.123. The molecule has 3 N–H and O–H groups in total. The number of guanidine groups is 1. The lowest BCUT2D eigenvalue weighted by atomic mass is 10.1. The Morgan fingerprint density at radius 2 is 1.77 bits per heavy atom. The summed E-state index contributed by atoms with van der Waals surface area (Å²) in [6.07, 6.45) is 2.51. The first kappa shape index (κ1) is 22.6. The predicted molar refractivity (Wildman–Crippen MR) is 125 cm³/mol. The van der Waals surface area contributed by atoms with Crippen LogP contribution in [-0.4, -0.2) is 63.6 Å². The fourth-order valence-electron chi connectivity index (χ4n) is 3.82. The average Bonchev–Trinajstić information content (AvgIpc) is 3.35. The van der Waals surface area contributed by atoms with E-state index < -0.39 is 0 Å². The first-order chi connectivity index (χ1) is 15.2. The lowest BCUT2D eigenvalue weighted by molar-refractivity contribution is 0.0954. The molecular weight excluding hydrogens is 390 g/mol. The van der Waals surface area contributed by atoms with Gasteiger partial charge in [0.1, 0.15) is 5.75 Å². The Morgan fingerprint density at radius 3 is 2.48 bits per heavy atom. The van der Waals surface area contributed by atoms with Crippen molar-refractivity contribution in [1.82, 2.24) is 20.9 Å². The number of carbonyl (C=O) groups is 1. The Morgan fingerprint density at radius 1 is 1.03 bits per heavy atom. The van der Waals surface area contributed by atoms with Gasteiger partial charge in [0, 0.05) is 32.2 Å². The molecule has 1 atom stereocenters. The second kappa shape index (κ2) is 12.0. The molecular formula is C24H33N5O2. The summed E-state index contributed by atoms with van der Waals surface area (Å²) < 4.78 is 5.17. The van der Waals surface area contributed by atoms with Gasteiger partial charge in [-0.05, 0) is 49.7 Å². The smallest absolute Gasteiger partial charge is 0.251 e. The van der Waals surface area contributed by atoms with Gasteiger partial charge in [-0.25, -0.2) is 0 Å². The first-order valence-electron chi connectivity index (χ1n) is 10.9. The number of methoxy groups -OCH3 is 1. The van der Waals surface area contributed by atoms with E-state index in [9.17, 15) is 4.79 Å². The summed E-state index contributed by atoms with van der Waals surface area (Å²) in [6.45, 7) is 4.10. The normalized spacial score (nSPS) is 15.4. The van der Waals surface area contributed by atoms with Gasteiger partial charge < -0.3 is 20.7 Å². The van der Waals surface area contributed by atoms with Gasteiger partial charge in [0.05, 0.1) is 13.2 Å². The molecule has 1 saturated heterocycles. The summed E-state index contributed by atoms with van der Waals surface area (Å²) in [7, 11) is 3.35. The molecule has 3 rings (SSSR count). The predicted octanol–water partition coefficient (Wildman–Crippen LogP) is 2.43. The molecule has 2 aromatic rings. The van der Waals surface area contributed by atoms with Crippen molar-refractivity contribution in [3.8, 4) is 5.75 Å². The number of nitrogens with one attached hydrogen (secondary N) is 3. The summed E-state index contributed by atoms with van der Waals surface area (Å²) in [6, 6.07) is 18.1. The summed E-state index contributed by atoms with van der Waals surface area (Å²) in [4.78, 5) is 19.2. The van der Waals surface area contributed by atoms with Crippen LogP contribution in [0, 0.1) is 0 Å². The van der Waals surface area contributed by atoms with E-state index in [1.54, 1.807) is 32.4 Å². The molecule has 1 amide bonds. The van der Waals surface area contributed by atoms with E-state index in [-0.39, 0.29) is 5.91 Å². The van der Waals surface area contributed by atoms with E-state index in [0.29, 0.717) is 30.4 Å². The van der Waals surface area contributed by atoms with Crippen molar-refractivity contribution < 1.29 is 9.53 Å². The third kappa shape index (κ3) is 6.72. The second-order valence-electron chi connectivity index (χ2n) is 7.54. The molecule has 0 radical (unpaired) electrons. The van der Waals surface area contributed by atoms with Crippen LogP contribution in [0.1, 0.15) is 34.8 Å². The second-order valence-corrected chi connectivity index (χ2v) is 7.54. The van der Waals surface area contributed by atoms with Crippen molar-refractivity contribution in [2.45, 2.75) is 18.9 Å². The number of likely N-dealkylation sites (tertiary alicyclic amines) is 1. The number of nitrogens with zero attached hydrogens (tertiary/aromatic N) is 2. The minimum Gasteiger partial charge on any atom is -0.497 e. The maximum Gasteiger partial charge on any atom is 0.251 e. The van der Waals surface area contributed by atoms with Crippen LogP contribution in [0.3, 0.4) is 0 Å². The van der Waals surface area contributed by atoms with E-state index in [2.05, 4.69) is 56.2 Å². The van der Waals surface area contributed by atoms with Crippen molar-refractivity contribution in [3.63, 3.8) is 0 Å². The zero-order valence-corrected chi connectivity index (χ0v) is 18.4. The third-order valence-electron chi connectivity index (χ3n) is 5.49.